The summed E-state index contributed by atoms with van der Waals surface area (Å²) in [7, 11) is -3.34. The Bertz CT molecular complexity index is 2060. The summed E-state index contributed by atoms with van der Waals surface area (Å²) >= 11 is 0. The highest BCUT2D eigenvalue weighted by Gasteiger charge is 2.31. The summed E-state index contributed by atoms with van der Waals surface area (Å²) in [5, 5.41) is 14.7. The maximum absolute atomic E-state index is 15.3. The van der Waals surface area contributed by atoms with Gasteiger partial charge in [0.05, 0.1) is 18.2 Å². The fourth-order valence-corrected chi connectivity index (χ4v) is 7.81. The number of fused-ring (bicyclic) bond motifs is 6. The van der Waals surface area contributed by atoms with Crippen LogP contribution in [0.4, 0.5) is 5.69 Å². The average molecular weight is 508 g/mol. The van der Waals surface area contributed by atoms with Crippen LogP contribution in [0.2, 0.25) is 0 Å². The van der Waals surface area contributed by atoms with Crippen molar-refractivity contribution in [3.63, 3.8) is 0 Å². The highest BCUT2D eigenvalue weighted by Crippen LogP contribution is 2.45. The summed E-state index contributed by atoms with van der Waals surface area (Å²) < 4.78 is 27.3. The summed E-state index contributed by atoms with van der Waals surface area (Å²) in [6, 6.07) is 33.6. The number of nitriles is 1. The molecular formula is C32H17N2O3P. The van der Waals surface area contributed by atoms with Gasteiger partial charge >= 0.3 is 0 Å². The molecule has 0 aliphatic heterocycles. The number of benzene rings is 5. The molecule has 1 unspecified atom stereocenters. The number of hydrogen-bond acceptors (Lipinski definition) is 4. The fourth-order valence-electron chi connectivity index (χ4n) is 5.13. The first-order chi connectivity index (χ1) is 18.6. The summed E-state index contributed by atoms with van der Waals surface area (Å²) in [5.41, 5.74) is 3.75. The Balaban J connectivity index is 1.52. The van der Waals surface area contributed by atoms with Crippen LogP contribution in [0.3, 0.4) is 0 Å². The van der Waals surface area contributed by atoms with Gasteiger partial charge in [-0.3, -0.25) is 0 Å². The highest BCUT2D eigenvalue weighted by atomic mass is 31.2. The number of nitrogens with zero attached hydrogens (tertiary/aromatic N) is 2. The van der Waals surface area contributed by atoms with E-state index < -0.39 is 7.14 Å². The zero-order chi connectivity index (χ0) is 25.9. The van der Waals surface area contributed by atoms with E-state index in [0.717, 1.165) is 21.5 Å². The molecule has 2 aromatic heterocycles. The minimum absolute atomic E-state index is 0.519. The second-order valence-corrected chi connectivity index (χ2v) is 11.9. The van der Waals surface area contributed by atoms with Crippen LogP contribution in [0.15, 0.2) is 112 Å². The van der Waals surface area contributed by atoms with E-state index in [2.05, 4.69) is 10.9 Å². The first-order valence-electron chi connectivity index (χ1n) is 12.0. The van der Waals surface area contributed by atoms with Crippen molar-refractivity contribution >= 4 is 72.6 Å². The van der Waals surface area contributed by atoms with Gasteiger partial charge in [0.25, 0.3) is 0 Å². The molecule has 1 atom stereocenters. The molecule has 0 aliphatic rings. The summed E-state index contributed by atoms with van der Waals surface area (Å²) in [5.74, 6) is 0. The van der Waals surface area contributed by atoms with E-state index in [0.29, 0.717) is 49.5 Å². The smallest absolute Gasteiger partial charge is 0.188 e. The Labute approximate surface area is 217 Å². The molecule has 0 radical (unpaired) electrons. The van der Waals surface area contributed by atoms with E-state index in [1.54, 1.807) is 30.3 Å². The van der Waals surface area contributed by atoms with Crippen LogP contribution in [-0.2, 0) is 4.57 Å². The van der Waals surface area contributed by atoms with E-state index in [4.69, 9.17) is 15.4 Å². The van der Waals surface area contributed by atoms with Crippen LogP contribution in [0.5, 0.6) is 0 Å². The van der Waals surface area contributed by atoms with Gasteiger partial charge in [0.1, 0.15) is 22.3 Å². The Kier molecular flexibility index (Phi) is 4.79. The van der Waals surface area contributed by atoms with Crippen LogP contribution in [-0.4, -0.2) is 0 Å². The van der Waals surface area contributed by atoms with Crippen LogP contribution < -0.4 is 15.9 Å². The summed E-state index contributed by atoms with van der Waals surface area (Å²) in [6.45, 7) is 7.41. The third-order valence-corrected chi connectivity index (χ3v) is 10.0. The topological polar surface area (TPSA) is 71.5 Å². The standard InChI is InChI=1S/C32H17N2O3P/c1-34-21-8-12-30-26(16-21)28-18-24(10-14-32(28)37-30)38(35,22-5-3-2-4-6-22)23-9-13-31-27(17-23)25-15-20(19-33)7-11-29(25)36-31/h2-18H. The Morgan fingerprint density at radius 3 is 1.74 bits per heavy atom. The van der Waals surface area contributed by atoms with Crippen molar-refractivity contribution in [2.45, 2.75) is 0 Å². The monoisotopic (exact) mass is 508 g/mol. The summed E-state index contributed by atoms with van der Waals surface area (Å²) in [6.07, 6.45) is 0. The molecule has 7 aromatic rings. The molecule has 6 heteroatoms. The average Bonchev–Trinajstić information content (AvgIpc) is 3.53. The molecule has 178 valence electrons. The number of hydrogen-bond donors (Lipinski definition) is 0. The molecule has 0 N–H and O–H groups in total. The maximum Gasteiger partial charge on any atom is 0.188 e. The van der Waals surface area contributed by atoms with Crippen molar-refractivity contribution in [3.05, 3.63) is 120 Å². The SMILES string of the molecule is [C-]#[N+]c1ccc2oc3ccc(P(=O)(c4ccccc4)c4ccc5oc6ccc(C#N)cc6c5c4)cc3c2c1. The van der Waals surface area contributed by atoms with E-state index in [1.165, 1.54) is 0 Å². The Morgan fingerprint density at radius 2 is 1.16 bits per heavy atom. The molecule has 0 aliphatic carbocycles. The molecule has 38 heavy (non-hydrogen) atoms. The third-order valence-electron chi connectivity index (χ3n) is 6.99. The fraction of sp³-hybridized carbons (Fsp3) is 0. The minimum atomic E-state index is -3.34. The van der Waals surface area contributed by atoms with Gasteiger partial charge in [-0.2, -0.15) is 5.26 Å². The second kappa shape index (κ2) is 8.22. The molecule has 0 saturated heterocycles. The lowest BCUT2D eigenvalue weighted by molar-refractivity contribution is 0.592. The lowest BCUT2D eigenvalue weighted by Gasteiger charge is -2.20. The molecule has 7 rings (SSSR count). The van der Waals surface area contributed by atoms with Crippen molar-refractivity contribution in [1.82, 2.24) is 0 Å². The zero-order valence-electron chi connectivity index (χ0n) is 19.9. The molecule has 0 fully saturated rings. The van der Waals surface area contributed by atoms with Crippen LogP contribution in [0, 0.1) is 17.9 Å². The van der Waals surface area contributed by atoms with Gasteiger partial charge in [-0.25, -0.2) is 4.85 Å². The Morgan fingerprint density at radius 1 is 0.632 bits per heavy atom. The van der Waals surface area contributed by atoms with Crippen molar-refractivity contribution in [1.29, 1.82) is 5.26 Å². The second-order valence-electron chi connectivity index (χ2n) is 9.12. The lowest BCUT2D eigenvalue weighted by atomic mass is 10.1. The van der Waals surface area contributed by atoms with Crippen molar-refractivity contribution in [2.75, 3.05) is 0 Å². The third kappa shape index (κ3) is 3.20. The van der Waals surface area contributed by atoms with Crippen LogP contribution in [0.25, 0.3) is 48.7 Å². The van der Waals surface area contributed by atoms with Crippen LogP contribution >= 0.6 is 7.14 Å². The predicted molar refractivity (Wildman–Crippen MR) is 151 cm³/mol. The molecule has 0 spiro atoms. The highest BCUT2D eigenvalue weighted by molar-refractivity contribution is 7.85. The molecule has 2 heterocycles. The van der Waals surface area contributed by atoms with Crippen molar-refractivity contribution in [3.8, 4) is 6.07 Å². The van der Waals surface area contributed by atoms with Gasteiger partial charge in [0, 0.05) is 37.5 Å². The van der Waals surface area contributed by atoms with Crippen LogP contribution in [0.1, 0.15) is 5.56 Å². The van der Waals surface area contributed by atoms with Gasteiger partial charge in [-0.1, -0.05) is 36.4 Å². The van der Waals surface area contributed by atoms with Gasteiger partial charge < -0.3 is 13.4 Å². The Hall–Kier alpha value is -5.09. The number of furan rings is 2. The molecule has 5 nitrogen and oxygen atoms in total. The number of rotatable bonds is 3. The largest absolute Gasteiger partial charge is 0.456 e. The zero-order valence-corrected chi connectivity index (χ0v) is 20.8. The normalized spacial score (nSPS) is 13.0. The van der Waals surface area contributed by atoms with Gasteiger partial charge in [-0.15, -0.1) is 0 Å². The molecular weight excluding hydrogens is 491 g/mol. The first kappa shape index (κ1) is 22.1. The van der Waals surface area contributed by atoms with Gasteiger partial charge in [0.15, 0.2) is 12.8 Å². The van der Waals surface area contributed by atoms with Gasteiger partial charge in [0.2, 0.25) is 0 Å². The van der Waals surface area contributed by atoms with E-state index in [1.807, 2.05) is 72.8 Å². The van der Waals surface area contributed by atoms with E-state index in [-0.39, 0.29) is 0 Å². The van der Waals surface area contributed by atoms with Gasteiger partial charge in [-0.05, 0) is 66.7 Å². The lowest BCUT2D eigenvalue weighted by Crippen LogP contribution is -2.25. The van der Waals surface area contributed by atoms with Crippen molar-refractivity contribution in [2.24, 2.45) is 0 Å². The molecule has 0 bridgehead atoms. The first-order valence-corrected chi connectivity index (χ1v) is 13.7. The molecule has 5 aromatic carbocycles. The predicted octanol–water partition coefficient (Wildman–Crippen LogP) is 7.55. The quantitative estimate of drug-likeness (QED) is 0.183. The maximum atomic E-state index is 15.3. The van der Waals surface area contributed by atoms with E-state index in [9.17, 15) is 5.26 Å². The van der Waals surface area contributed by atoms with Crippen molar-refractivity contribution < 1.29 is 13.4 Å². The summed E-state index contributed by atoms with van der Waals surface area (Å²) in [4.78, 5) is 3.56. The molecule has 0 saturated carbocycles. The molecule has 0 amide bonds. The minimum Gasteiger partial charge on any atom is -0.456 e. The van der Waals surface area contributed by atoms with E-state index >= 15 is 4.57 Å².